The molecular formula is C17H22ClN3O2. The molecule has 0 unspecified atom stereocenters. The van der Waals surface area contributed by atoms with Crippen molar-refractivity contribution in [1.82, 2.24) is 9.97 Å². The molecule has 2 aliphatic rings. The van der Waals surface area contributed by atoms with Crippen LogP contribution in [-0.2, 0) is 4.74 Å². The number of allylic oxidation sites excluding steroid dienone is 1. The van der Waals surface area contributed by atoms with Crippen LogP contribution in [-0.4, -0.2) is 29.6 Å². The van der Waals surface area contributed by atoms with Gasteiger partial charge in [0.1, 0.15) is 16.7 Å². The zero-order valence-corrected chi connectivity index (χ0v) is 14.2. The van der Waals surface area contributed by atoms with Crippen LogP contribution in [0.5, 0.6) is 0 Å². The van der Waals surface area contributed by atoms with Crippen LogP contribution in [0.3, 0.4) is 0 Å². The van der Waals surface area contributed by atoms with E-state index in [4.69, 9.17) is 16.3 Å². The lowest BCUT2D eigenvalue weighted by molar-refractivity contribution is 0.0593. The number of hydrogen-bond acceptors (Lipinski definition) is 5. The van der Waals surface area contributed by atoms with Gasteiger partial charge in [0.25, 0.3) is 0 Å². The molecule has 0 bridgehead atoms. The van der Waals surface area contributed by atoms with Crippen molar-refractivity contribution in [3.8, 4) is 0 Å². The van der Waals surface area contributed by atoms with Crippen molar-refractivity contribution >= 4 is 23.4 Å². The molecule has 0 saturated heterocycles. The SMILES string of the molecule is COC(=O)c1nc(C2CC2)nc(NCCC2=CCCCC2)c1Cl. The Bertz CT molecular complexity index is 627. The molecule has 3 rings (SSSR count). The summed E-state index contributed by atoms with van der Waals surface area (Å²) in [7, 11) is 1.33. The summed E-state index contributed by atoms with van der Waals surface area (Å²) < 4.78 is 4.78. The zero-order chi connectivity index (χ0) is 16.2. The first-order chi connectivity index (χ1) is 11.2. The van der Waals surface area contributed by atoms with Gasteiger partial charge in [0, 0.05) is 12.5 Å². The summed E-state index contributed by atoms with van der Waals surface area (Å²) in [6.07, 6.45) is 10.4. The third-order valence-corrected chi connectivity index (χ3v) is 4.67. The van der Waals surface area contributed by atoms with Gasteiger partial charge in [-0.15, -0.1) is 0 Å². The average molecular weight is 336 g/mol. The highest BCUT2D eigenvalue weighted by Gasteiger charge is 2.30. The smallest absolute Gasteiger partial charge is 0.358 e. The number of carbonyl (C=O) groups is 1. The average Bonchev–Trinajstić information content (AvgIpc) is 3.41. The normalized spacial score (nSPS) is 17.6. The van der Waals surface area contributed by atoms with E-state index in [1.54, 1.807) is 0 Å². The summed E-state index contributed by atoms with van der Waals surface area (Å²) in [6, 6.07) is 0. The van der Waals surface area contributed by atoms with Gasteiger partial charge in [0.2, 0.25) is 0 Å². The highest BCUT2D eigenvalue weighted by molar-refractivity contribution is 6.35. The van der Waals surface area contributed by atoms with Gasteiger partial charge >= 0.3 is 5.97 Å². The second kappa shape index (κ2) is 7.30. The first-order valence-electron chi connectivity index (χ1n) is 8.26. The van der Waals surface area contributed by atoms with Gasteiger partial charge in [-0.25, -0.2) is 14.8 Å². The largest absolute Gasteiger partial charge is 0.464 e. The number of methoxy groups -OCH3 is 1. The van der Waals surface area contributed by atoms with Crippen LogP contribution in [0.1, 0.15) is 67.2 Å². The number of esters is 1. The number of nitrogens with one attached hydrogen (secondary N) is 1. The molecule has 1 fully saturated rings. The Balaban J connectivity index is 1.73. The summed E-state index contributed by atoms with van der Waals surface area (Å²) in [5.74, 6) is 1.06. The van der Waals surface area contributed by atoms with Crippen LogP contribution < -0.4 is 5.32 Å². The molecular weight excluding hydrogens is 314 g/mol. The molecule has 0 spiro atoms. The summed E-state index contributed by atoms with van der Waals surface area (Å²) in [5.41, 5.74) is 1.65. The number of nitrogens with zero attached hydrogens (tertiary/aromatic N) is 2. The molecule has 1 aromatic heterocycles. The molecule has 6 heteroatoms. The van der Waals surface area contributed by atoms with E-state index in [0.29, 0.717) is 17.6 Å². The molecule has 1 heterocycles. The molecule has 1 N–H and O–H groups in total. The third kappa shape index (κ3) is 4.02. The van der Waals surface area contributed by atoms with Crippen molar-refractivity contribution < 1.29 is 9.53 Å². The minimum Gasteiger partial charge on any atom is -0.464 e. The Labute approximate surface area is 141 Å². The molecule has 23 heavy (non-hydrogen) atoms. The lowest BCUT2D eigenvalue weighted by Crippen LogP contribution is -2.13. The summed E-state index contributed by atoms with van der Waals surface area (Å²) in [5, 5.41) is 3.52. The predicted octanol–water partition coefficient (Wildman–Crippen LogP) is 4.10. The predicted molar refractivity (Wildman–Crippen MR) is 90.0 cm³/mol. The molecule has 1 aromatic rings. The van der Waals surface area contributed by atoms with Crippen molar-refractivity contribution in [3.05, 3.63) is 28.2 Å². The minimum atomic E-state index is -0.516. The maximum atomic E-state index is 11.9. The van der Waals surface area contributed by atoms with Crippen LogP contribution >= 0.6 is 11.6 Å². The van der Waals surface area contributed by atoms with Crippen LogP contribution in [0.15, 0.2) is 11.6 Å². The molecule has 0 aromatic carbocycles. The Hall–Kier alpha value is -1.62. The maximum absolute atomic E-state index is 11.9. The fourth-order valence-corrected chi connectivity index (χ4v) is 3.04. The van der Waals surface area contributed by atoms with E-state index in [1.807, 2.05) is 0 Å². The quantitative estimate of drug-likeness (QED) is 0.626. The van der Waals surface area contributed by atoms with Gasteiger partial charge in [-0.05, 0) is 44.9 Å². The fourth-order valence-electron chi connectivity index (χ4n) is 2.81. The lowest BCUT2D eigenvalue weighted by atomic mass is 9.97. The molecule has 124 valence electrons. The molecule has 0 aliphatic heterocycles. The van der Waals surface area contributed by atoms with Crippen molar-refractivity contribution in [3.63, 3.8) is 0 Å². The number of anilines is 1. The first kappa shape index (κ1) is 16.2. The van der Waals surface area contributed by atoms with Gasteiger partial charge in [0.15, 0.2) is 5.69 Å². The van der Waals surface area contributed by atoms with Crippen LogP contribution in [0.2, 0.25) is 5.02 Å². The van der Waals surface area contributed by atoms with Gasteiger partial charge in [-0.1, -0.05) is 23.3 Å². The number of aromatic nitrogens is 2. The van der Waals surface area contributed by atoms with Gasteiger partial charge in [-0.3, -0.25) is 0 Å². The highest BCUT2D eigenvalue weighted by Crippen LogP contribution is 2.39. The molecule has 1 saturated carbocycles. The Kier molecular flexibility index (Phi) is 5.16. The zero-order valence-electron chi connectivity index (χ0n) is 13.4. The number of halogens is 1. The minimum absolute atomic E-state index is 0.158. The number of hydrogen-bond donors (Lipinski definition) is 1. The highest BCUT2D eigenvalue weighted by atomic mass is 35.5. The van der Waals surface area contributed by atoms with Crippen LogP contribution in [0.25, 0.3) is 0 Å². The Morgan fingerprint density at radius 1 is 1.39 bits per heavy atom. The van der Waals surface area contributed by atoms with E-state index in [-0.39, 0.29) is 10.7 Å². The van der Waals surface area contributed by atoms with E-state index in [0.717, 1.165) is 25.8 Å². The van der Waals surface area contributed by atoms with Gasteiger partial charge < -0.3 is 10.1 Å². The monoisotopic (exact) mass is 335 g/mol. The van der Waals surface area contributed by atoms with E-state index < -0.39 is 5.97 Å². The fraction of sp³-hybridized carbons (Fsp3) is 0.588. The van der Waals surface area contributed by atoms with Crippen molar-refractivity contribution in [1.29, 1.82) is 0 Å². The van der Waals surface area contributed by atoms with Crippen molar-refractivity contribution in [2.24, 2.45) is 0 Å². The number of carbonyl (C=O) groups excluding carboxylic acids is 1. The molecule has 0 atom stereocenters. The van der Waals surface area contributed by atoms with Crippen molar-refractivity contribution in [2.75, 3.05) is 19.0 Å². The van der Waals surface area contributed by atoms with Crippen LogP contribution in [0, 0.1) is 0 Å². The summed E-state index contributed by atoms with van der Waals surface area (Å²) in [6.45, 7) is 0.757. The number of ether oxygens (including phenoxy) is 1. The van der Waals surface area contributed by atoms with E-state index >= 15 is 0 Å². The van der Waals surface area contributed by atoms with Crippen molar-refractivity contribution in [2.45, 2.75) is 50.9 Å². The number of rotatable bonds is 6. The van der Waals surface area contributed by atoms with E-state index in [9.17, 15) is 4.79 Å². The maximum Gasteiger partial charge on any atom is 0.358 e. The Morgan fingerprint density at radius 2 is 2.22 bits per heavy atom. The molecule has 2 aliphatic carbocycles. The third-order valence-electron chi connectivity index (χ3n) is 4.31. The first-order valence-corrected chi connectivity index (χ1v) is 8.64. The standard InChI is InChI=1S/C17H22ClN3O2/c1-23-17(22)14-13(18)16(21-15(20-14)12-7-8-12)19-10-9-11-5-3-2-4-6-11/h5,12H,2-4,6-10H2,1H3,(H,19,20,21). The van der Waals surface area contributed by atoms with E-state index in [1.165, 1.54) is 38.4 Å². The lowest BCUT2D eigenvalue weighted by Gasteiger charge is -2.15. The second-order valence-corrected chi connectivity index (χ2v) is 6.52. The van der Waals surface area contributed by atoms with E-state index in [2.05, 4.69) is 21.4 Å². The second-order valence-electron chi connectivity index (χ2n) is 6.14. The summed E-state index contributed by atoms with van der Waals surface area (Å²) >= 11 is 6.30. The molecule has 0 radical (unpaired) electrons. The topological polar surface area (TPSA) is 64.1 Å². The van der Waals surface area contributed by atoms with Gasteiger partial charge in [0.05, 0.1) is 7.11 Å². The van der Waals surface area contributed by atoms with Gasteiger partial charge in [-0.2, -0.15) is 0 Å². The molecule has 0 amide bonds. The summed E-state index contributed by atoms with van der Waals surface area (Å²) in [4.78, 5) is 20.7. The Morgan fingerprint density at radius 3 is 2.87 bits per heavy atom. The molecule has 5 nitrogen and oxygen atoms in total. The van der Waals surface area contributed by atoms with Crippen LogP contribution in [0.4, 0.5) is 5.82 Å².